The van der Waals surface area contributed by atoms with Crippen molar-refractivity contribution in [3.8, 4) is 0 Å². The molecular weight excluding hydrogens is 408 g/mol. The fraction of sp³-hybridized carbons (Fsp3) is 0.850. The van der Waals surface area contributed by atoms with E-state index >= 15 is 0 Å². The molecule has 0 spiro atoms. The van der Waals surface area contributed by atoms with Crippen molar-refractivity contribution in [3.63, 3.8) is 0 Å². The van der Waals surface area contributed by atoms with Crippen LogP contribution in [-0.2, 0) is 41.4 Å². The van der Waals surface area contributed by atoms with E-state index in [4.69, 9.17) is 28.4 Å². The summed E-state index contributed by atoms with van der Waals surface area (Å²) in [4.78, 5) is 11.4. The van der Waals surface area contributed by atoms with Crippen molar-refractivity contribution in [1.82, 2.24) is 20.3 Å². The summed E-state index contributed by atoms with van der Waals surface area (Å²) in [6.07, 6.45) is 2.14. The molecule has 1 aromatic rings. The lowest BCUT2D eigenvalue weighted by atomic mass is 10.2. The molecule has 11 nitrogen and oxygen atoms in total. The number of nitrogens with one attached hydrogen (secondary N) is 1. The van der Waals surface area contributed by atoms with Crippen LogP contribution in [0.4, 0.5) is 4.79 Å². The lowest BCUT2D eigenvalue weighted by Crippen LogP contribution is -2.34. The lowest BCUT2D eigenvalue weighted by molar-refractivity contribution is 0.0144. The van der Waals surface area contributed by atoms with E-state index < -0.39 is 11.7 Å². The Morgan fingerprint density at radius 2 is 1.55 bits per heavy atom. The van der Waals surface area contributed by atoms with Gasteiger partial charge in [0.05, 0.1) is 71.7 Å². The molecule has 11 heteroatoms. The number of carbonyl (C=O) groups excluding carboxylic acids is 1. The molecule has 0 radical (unpaired) electrons. The van der Waals surface area contributed by atoms with Gasteiger partial charge in [-0.15, -0.1) is 5.10 Å². The van der Waals surface area contributed by atoms with Gasteiger partial charge in [0.2, 0.25) is 0 Å². The second kappa shape index (κ2) is 16.8. The van der Waals surface area contributed by atoms with Crippen LogP contribution < -0.4 is 5.32 Å². The molecule has 0 fully saturated rings. The largest absolute Gasteiger partial charge is 0.444 e. The number of hydrogen-bond donors (Lipinski definition) is 1. The Morgan fingerprint density at radius 1 is 0.935 bits per heavy atom. The monoisotopic (exact) mass is 446 g/mol. The van der Waals surface area contributed by atoms with E-state index in [2.05, 4.69) is 15.6 Å². The minimum absolute atomic E-state index is 0.392. The quantitative estimate of drug-likeness (QED) is 0.330. The Balaban J connectivity index is 1.87. The Bertz CT molecular complexity index is 578. The molecule has 180 valence electrons. The minimum Gasteiger partial charge on any atom is -0.444 e. The summed E-state index contributed by atoms with van der Waals surface area (Å²) in [5, 5.41) is 10.8. The number of aromatic nitrogens is 3. The summed E-state index contributed by atoms with van der Waals surface area (Å²) in [5.41, 5.74) is 0.380. The maximum atomic E-state index is 11.4. The molecule has 1 rings (SSSR count). The van der Waals surface area contributed by atoms with Crippen molar-refractivity contribution in [2.45, 2.75) is 39.3 Å². The average molecular weight is 447 g/mol. The predicted octanol–water partition coefficient (Wildman–Crippen LogP) is 1.06. The molecule has 0 saturated heterocycles. The van der Waals surface area contributed by atoms with Crippen molar-refractivity contribution in [2.75, 3.05) is 73.1 Å². The van der Waals surface area contributed by atoms with Gasteiger partial charge in [-0.2, -0.15) is 0 Å². The highest BCUT2D eigenvalue weighted by molar-refractivity contribution is 5.67. The maximum Gasteiger partial charge on any atom is 0.407 e. The van der Waals surface area contributed by atoms with Crippen molar-refractivity contribution >= 4 is 6.09 Å². The highest BCUT2D eigenvalue weighted by atomic mass is 16.6. The van der Waals surface area contributed by atoms with Gasteiger partial charge >= 0.3 is 6.09 Å². The number of methoxy groups -OCH3 is 1. The van der Waals surface area contributed by atoms with E-state index in [1.165, 1.54) is 0 Å². The molecule has 0 bridgehead atoms. The molecule has 1 aromatic heterocycles. The van der Waals surface area contributed by atoms with E-state index in [0.717, 1.165) is 5.69 Å². The third kappa shape index (κ3) is 16.6. The third-order valence-corrected chi connectivity index (χ3v) is 3.64. The summed E-state index contributed by atoms with van der Waals surface area (Å²) in [5.74, 6) is 0. The zero-order chi connectivity index (χ0) is 22.8. The van der Waals surface area contributed by atoms with Crippen LogP contribution >= 0.6 is 0 Å². The van der Waals surface area contributed by atoms with Gasteiger partial charge in [-0.1, -0.05) is 5.21 Å². The Kier molecular flexibility index (Phi) is 14.8. The van der Waals surface area contributed by atoms with Crippen molar-refractivity contribution < 1.29 is 33.2 Å². The van der Waals surface area contributed by atoms with Gasteiger partial charge in [0.1, 0.15) is 5.60 Å². The molecule has 0 aliphatic carbocycles. The first-order valence-electron chi connectivity index (χ1n) is 10.6. The first-order valence-corrected chi connectivity index (χ1v) is 10.6. The standard InChI is InChI=1S/C20H38N4O7/c1-20(2,3)31-19(25)21-6-9-28-14-16-30-15-13-27-8-5-18-17-24(23-22-18)7-10-29-12-11-26-4/h17H,5-16H2,1-4H3,(H,21,25). The molecule has 0 aliphatic rings. The number of rotatable bonds is 18. The number of carbonyl (C=O) groups is 1. The van der Waals surface area contributed by atoms with Gasteiger partial charge in [-0.3, -0.25) is 0 Å². The number of amides is 1. The normalized spacial score (nSPS) is 11.6. The van der Waals surface area contributed by atoms with Crippen LogP contribution in [0.15, 0.2) is 6.20 Å². The van der Waals surface area contributed by atoms with Gasteiger partial charge < -0.3 is 33.7 Å². The number of ether oxygens (including phenoxy) is 6. The van der Waals surface area contributed by atoms with E-state index in [1.807, 2.05) is 27.0 Å². The van der Waals surface area contributed by atoms with Gasteiger partial charge in [0, 0.05) is 26.3 Å². The van der Waals surface area contributed by atoms with Crippen LogP contribution in [0.25, 0.3) is 0 Å². The summed E-state index contributed by atoms with van der Waals surface area (Å²) in [6.45, 7) is 11.1. The first-order chi connectivity index (χ1) is 14.9. The molecule has 0 saturated carbocycles. The van der Waals surface area contributed by atoms with E-state index in [0.29, 0.717) is 79.0 Å². The van der Waals surface area contributed by atoms with Crippen LogP contribution in [0.3, 0.4) is 0 Å². The first kappa shape index (κ1) is 27.2. The van der Waals surface area contributed by atoms with Crippen LogP contribution in [0.1, 0.15) is 26.5 Å². The van der Waals surface area contributed by atoms with Crippen LogP contribution in [0.2, 0.25) is 0 Å². The topological polar surface area (TPSA) is 115 Å². The van der Waals surface area contributed by atoms with E-state index in [9.17, 15) is 4.79 Å². The van der Waals surface area contributed by atoms with Crippen LogP contribution in [-0.4, -0.2) is 99.8 Å². The van der Waals surface area contributed by atoms with Gasteiger partial charge in [-0.25, -0.2) is 9.48 Å². The Hall–Kier alpha value is -1.79. The predicted molar refractivity (Wildman–Crippen MR) is 113 cm³/mol. The fourth-order valence-corrected chi connectivity index (χ4v) is 2.22. The Morgan fingerprint density at radius 3 is 2.23 bits per heavy atom. The number of hydrogen-bond acceptors (Lipinski definition) is 9. The zero-order valence-corrected chi connectivity index (χ0v) is 19.3. The molecule has 0 aromatic carbocycles. The summed E-state index contributed by atoms with van der Waals surface area (Å²) >= 11 is 0. The fourth-order valence-electron chi connectivity index (χ4n) is 2.22. The summed E-state index contributed by atoms with van der Waals surface area (Å²) < 4.78 is 33.6. The smallest absolute Gasteiger partial charge is 0.407 e. The molecule has 0 unspecified atom stereocenters. The van der Waals surface area contributed by atoms with E-state index in [-0.39, 0.29) is 0 Å². The van der Waals surface area contributed by atoms with Crippen LogP contribution in [0, 0.1) is 0 Å². The van der Waals surface area contributed by atoms with Crippen LogP contribution in [0.5, 0.6) is 0 Å². The molecule has 1 N–H and O–H groups in total. The van der Waals surface area contributed by atoms with Crippen molar-refractivity contribution in [1.29, 1.82) is 0 Å². The number of nitrogens with zero attached hydrogens (tertiary/aromatic N) is 3. The number of alkyl carbamates (subject to hydrolysis) is 1. The minimum atomic E-state index is -0.501. The second-order valence-corrected chi connectivity index (χ2v) is 7.59. The molecule has 1 amide bonds. The SMILES string of the molecule is COCCOCCn1cc(CCOCCOCCOCCNC(=O)OC(C)(C)C)nn1. The molecule has 0 aliphatic heterocycles. The van der Waals surface area contributed by atoms with Crippen molar-refractivity contribution in [2.24, 2.45) is 0 Å². The Labute approximate surface area is 184 Å². The van der Waals surface area contributed by atoms with Gasteiger partial charge in [-0.05, 0) is 20.8 Å². The molecule has 31 heavy (non-hydrogen) atoms. The average Bonchev–Trinajstić information content (AvgIpc) is 3.15. The summed E-state index contributed by atoms with van der Waals surface area (Å²) in [6, 6.07) is 0. The molecule has 0 atom stereocenters. The highest BCUT2D eigenvalue weighted by Gasteiger charge is 2.15. The molecular formula is C20H38N4O7. The van der Waals surface area contributed by atoms with Gasteiger partial charge in [0.15, 0.2) is 0 Å². The third-order valence-electron chi connectivity index (χ3n) is 3.64. The summed E-state index contributed by atoms with van der Waals surface area (Å²) in [7, 11) is 1.65. The maximum absolute atomic E-state index is 11.4. The zero-order valence-electron chi connectivity index (χ0n) is 19.3. The van der Waals surface area contributed by atoms with E-state index in [1.54, 1.807) is 11.8 Å². The van der Waals surface area contributed by atoms with Gasteiger partial charge in [0.25, 0.3) is 0 Å². The second-order valence-electron chi connectivity index (χ2n) is 7.59. The highest BCUT2D eigenvalue weighted by Crippen LogP contribution is 2.06. The lowest BCUT2D eigenvalue weighted by Gasteiger charge is -2.19. The molecule has 1 heterocycles. The van der Waals surface area contributed by atoms with Crippen molar-refractivity contribution in [3.05, 3.63) is 11.9 Å².